The molecule has 0 saturated carbocycles. The number of hydrogen-bond donors (Lipinski definition) is 2. The molecule has 0 radical (unpaired) electrons. The Morgan fingerprint density at radius 2 is 1.84 bits per heavy atom. The highest BCUT2D eigenvalue weighted by atomic mass is 16.5. The maximum Gasteiger partial charge on any atom is 0.490 e. The van der Waals surface area contributed by atoms with Crippen LogP contribution in [0.1, 0.15) is 0 Å². The fourth-order valence-electron chi connectivity index (χ4n) is 2.03. The van der Waals surface area contributed by atoms with Gasteiger partial charge < -0.3 is 14.7 Å². The first kappa shape index (κ1) is 12.0. The minimum absolute atomic E-state index is 0.724. The van der Waals surface area contributed by atoms with Crippen LogP contribution in [0.25, 0.3) is 22.4 Å². The second-order valence-corrected chi connectivity index (χ2v) is 4.31. The Morgan fingerprint density at radius 3 is 2.53 bits per heavy atom. The number of rotatable bonds is 3. The highest BCUT2D eigenvalue weighted by molar-refractivity contribution is 6.59. The summed E-state index contributed by atoms with van der Waals surface area (Å²) in [5, 5.41) is 9.56. The van der Waals surface area contributed by atoms with Crippen molar-refractivity contribution in [1.82, 2.24) is 9.97 Å². The van der Waals surface area contributed by atoms with E-state index in [1.165, 1.54) is 7.11 Å². The standard InChI is InChI=1S/C14H13BN2O2/c1-19-15(18)11-8-6-10(7-9-11)14-16-12-4-2-3-5-13(12)17-14/h2-9,18H,1H3,(H,16,17). The molecule has 0 aliphatic rings. The second kappa shape index (κ2) is 4.88. The van der Waals surface area contributed by atoms with Crippen molar-refractivity contribution in [3.05, 3.63) is 48.5 Å². The van der Waals surface area contributed by atoms with Crippen LogP contribution in [0, 0.1) is 0 Å². The molecular weight excluding hydrogens is 239 g/mol. The van der Waals surface area contributed by atoms with Crippen molar-refractivity contribution in [3.8, 4) is 11.4 Å². The average Bonchev–Trinajstić information content (AvgIpc) is 2.90. The lowest BCUT2D eigenvalue weighted by Gasteiger charge is -2.04. The van der Waals surface area contributed by atoms with Gasteiger partial charge in [0.1, 0.15) is 5.82 Å². The van der Waals surface area contributed by atoms with Crippen molar-refractivity contribution in [3.63, 3.8) is 0 Å². The number of imidazole rings is 1. The van der Waals surface area contributed by atoms with Crippen molar-refractivity contribution in [1.29, 1.82) is 0 Å². The number of aromatic amines is 1. The zero-order valence-electron chi connectivity index (χ0n) is 10.5. The van der Waals surface area contributed by atoms with Crippen LogP contribution >= 0.6 is 0 Å². The van der Waals surface area contributed by atoms with Gasteiger partial charge in [-0.05, 0) is 17.6 Å². The number of hydrogen-bond acceptors (Lipinski definition) is 3. The van der Waals surface area contributed by atoms with E-state index in [2.05, 4.69) is 9.97 Å². The molecule has 2 N–H and O–H groups in total. The summed E-state index contributed by atoms with van der Waals surface area (Å²) >= 11 is 0. The van der Waals surface area contributed by atoms with Gasteiger partial charge in [-0.3, -0.25) is 0 Å². The molecule has 0 aliphatic carbocycles. The minimum atomic E-state index is -0.885. The van der Waals surface area contributed by atoms with Gasteiger partial charge in [-0.25, -0.2) is 4.98 Å². The van der Waals surface area contributed by atoms with E-state index in [0.29, 0.717) is 0 Å². The lowest BCUT2D eigenvalue weighted by molar-refractivity contribution is 0.341. The van der Waals surface area contributed by atoms with Crippen molar-refractivity contribution in [2.24, 2.45) is 0 Å². The third kappa shape index (κ3) is 2.25. The normalized spacial score (nSPS) is 10.8. The fourth-order valence-corrected chi connectivity index (χ4v) is 2.03. The maximum atomic E-state index is 9.56. The molecule has 2 aromatic carbocycles. The van der Waals surface area contributed by atoms with Crippen LogP contribution in [-0.2, 0) is 4.65 Å². The van der Waals surface area contributed by atoms with Gasteiger partial charge >= 0.3 is 7.12 Å². The molecule has 0 fully saturated rings. The summed E-state index contributed by atoms with van der Waals surface area (Å²) in [5.41, 5.74) is 3.66. The van der Waals surface area contributed by atoms with Crippen molar-refractivity contribution in [2.75, 3.05) is 7.11 Å². The molecule has 94 valence electrons. The summed E-state index contributed by atoms with van der Waals surface area (Å²) in [6, 6.07) is 15.4. The molecule has 4 nitrogen and oxygen atoms in total. The van der Waals surface area contributed by atoms with Gasteiger partial charge in [0.05, 0.1) is 11.0 Å². The van der Waals surface area contributed by atoms with Crippen molar-refractivity contribution >= 4 is 23.6 Å². The molecule has 0 atom stereocenters. The third-order valence-corrected chi connectivity index (χ3v) is 3.08. The van der Waals surface area contributed by atoms with Crippen LogP contribution in [0.15, 0.2) is 48.5 Å². The van der Waals surface area contributed by atoms with Crippen LogP contribution in [0.2, 0.25) is 0 Å². The van der Waals surface area contributed by atoms with Crippen LogP contribution in [0.3, 0.4) is 0 Å². The Balaban J connectivity index is 1.97. The number of para-hydroxylation sites is 2. The number of aromatic nitrogens is 2. The molecule has 0 spiro atoms. The van der Waals surface area contributed by atoms with Gasteiger partial charge in [-0.15, -0.1) is 0 Å². The summed E-state index contributed by atoms with van der Waals surface area (Å²) in [6.07, 6.45) is 0. The van der Waals surface area contributed by atoms with E-state index < -0.39 is 7.12 Å². The van der Waals surface area contributed by atoms with Gasteiger partial charge in [-0.1, -0.05) is 36.4 Å². The molecule has 5 heteroatoms. The number of fused-ring (bicyclic) bond motifs is 1. The largest absolute Gasteiger partial charge is 0.490 e. The van der Waals surface area contributed by atoms with Gasteiger partial charge in [0.25, 0.3) is 0 Å². The molecule has 0 unspecified atom stereocenters. The van der Waals surface area contributed by atoms with Gasteiger partial charge in [0, 0.05) is 12.7 Å². The van der Waals surface area contributed by atoms with Crippen molar-refractivity contribution in [2.45, 2.75) is 0 Å². The number of benzene rings is 2. The Bertz CT molecular complexity index is 661. The average molecular weight is 252 g/mol. The molecule has 19 heavy (non-hydrogen) atoms. The topological polar surface area (TPSA) is 58.1 Å². The van der Waals surface area contributed by atoms with Crippen LogP contribution in [-0.4, -0.2) is 29.2 Å². The molecule has 1 aromatic heterocycles. The quantitative estimate of drug-likeness (QED) is 0.695. The summed E-state index contributed by atoms with van der Waals surface area (Å²) < 4.78 is 4.86. The second-order valence-electron chi connectivity index (χ2n) is 4.31. The highest BCUT2D eigenvalue weighted by Gasteiger charge is 2.14. The zero-order chi connectivity index (χ0) is 13.2. The summed E-state index contributed by atoms with van der Waals surface area (Å²) in [6.45, 7) is 0. The summed E-state index contributed by atoms with van der Waals surface area (Å²) in [4.78, 5) is 7.80. The first-order valence-electron chi connectivity index (χ1n) is 6.04. The summed E-state index contributed by atoms with van der Waals surface area (Å²) in [7, 11) is 0.586. The smallest absolute Gasteiger partial charge is 0.423 e. The molecule has 0 aliphatic heterocycles. The molecular formula is C14H13BN2O2. The fraction of sp³-hybridized carbons (Fsp3) is 0.0714. The SMILES string of the molecule is COB(O)c1ccc(-c2nc3ccccc3[nH]2)cc1. The highest BCUT2D eigenvalue weighted by Crippen LogP contribution is 2.19. The van der Waals surface area contributed by atoms with E-state index >= 15 is 0 Å². The monoisotopic (exact) mass is 252 g/mol. The number of H-pyrrole nitrogens is 1. The Hall–Kier alpha value is -2.11. The van der Waals surface area contributed by atoms with E-state index in [1.807, 2.05) is 48.5 Å². The van der Waals surface area contributed by atoms with Gasteiger partial charge in [0.2, 0.25) is 0 Å². The Kier molecular flexibility index (Phi) is 3.07. The van der Waals surface area contributed by atoms with E-state index in [4.69, 9.17) is 4.65 Å². The first-order chi connectivity index (χ1) is 9.28. The van der Waals surface area contributed by atoms with Gasteiger partial charge in [0.15, 0.2) is 0 Å². The Morgan fingerprint density at radius 1 is 1.11 bits per heavy atom. The maximum absolute atomic E-state index is 9.56. The molecule has 3 rings (SSSR count). The lowest BCUT2D eigenvalue weighted by Crippen LogP contribution is -2.31. The molecule has 0 amide bonds. The van der Waals surface area contributed by atoms with Crippen LogP contribution in [0.4, 0.5) is 0 Å². The third-order valence-electron chi connectivity index (χ3n) is 3.08. The first-order valence-corrected chi connectivity index (χ1v) is 6.04. The molecule has 3 aromatic rings. The number of nitrogens with zero attached hydrogens (tertiary/aromatic N) is 1. The Labute approximate surface area is 111 Å². The zero-order valence-corrected chi connectivity index (χ0v) is 10.5. The van der Waals surface area contributed by atoms with Gasteiger partial charge in [-0.2, -0.15) is 0 Å². The van der Waals surface area contributed by atoms with Crippen molar-refractivity contribution < 1.29 is 9.68 Å². The van der Waals surface area contributed by atoms with Crippen LogP contribution < -0.4 is 5.46 Å². The van der Waals surface area contributed by atoms with E-state index in [9.17, 15) is 5.02 Å². The predicted molar refractivity (Wildman–Crippen MR) is 76.1 cm³/mol. The van der Waals surface area contributed by atoms with Crippen LogP contribution in [0.5, 0.6) is 0 Å². The van der Waals surface area contributed by atoms with E-state index in [-0.39, 0.29) is 0 Å². The van der Waals surface area contributed by atoms with E-state index in [0.717, 1.165) is 27.9 Å². The minimum Gasteiger partial charge on any atom is -0.423 e. The lowest BCUT2D eigenvalue weighted by atomic mass is 9.79. The molecule has 0 bridgehead atoms. The summed E-state index contributed by atoms with van der Waals surface area (Å²) in [5.74, 6) is 0.819. The molecule has 1 heterocycles. The van der Waals surface area contributed by atoms with E-state index in [1.54, 1.807) is 0 Å². The predicted octanol–water partition coefficient (Wildman–Crippen LogP) is 1.56. The molecule has 0 saturated heterocycles. The number of nitrogens with one attached hydrogen (secondary N) is 1.